The van der Waals surface area contributed by atoms with Crippen LogP contribution >= 0.6 is 0 Å². The van der Waals surface area contributed by atoms with E-state index in [2.05, 4.69) is 46.8 Å². The highest BCUT2D eigenvalue weighted by Crippen LogP contribution is 2.35. The van der Waals surface area contributed by atoms with Gasteiger partial charge >= 0.3 is 0 Å². The van der Waals surface area contributed by atoms with Gasteiger partial charge in [-0.05, 0) is 62.9 Å². The van der Waals surface area contributed by atoms with E-state index in [4.69, 9.17) is 14.2 Å². The van der Waals surface area contributed by atoms with Gasteiger partial charge in [-0.25, -0.2) is 0 Å². The number of rotatable bonds is 8. The van der Waals surface area contributed by atoms with Gasteiger partial charge in [-0.15, -0.1) is 6.58 Å². The lowest BCUT2D eigenvalue weighted by atomic mass is 9.89. The van der Waals surface area contributed by atoms with E-state index in [0.717, 1.165) is 48.5 Å². The van der Waals surface area contributed by atoms with Crippen LogP contribution in [-0.2, 0) is 0 Å². The Labute approximate surface area is 198 Å². The Morgan fingerprint density at radius 1 is 1.00 bits per heavy atom. The molecule has 0 aliphatic carbocycles. The van der Waals surface area contributed by atoms with Gasteiger partial charge < -0.3 is 19.1 Å². The van der Waals surface area contributed by atoms with E-state index in [9.17, 15) is 0 Å². The maximum absolute atomic E-state index is 6.06. The first-order chi connectivity index (χ1) is 16.2. The van der Waals surface area contributed by atoms with Crippen molar-refractivity contribution >= 4 is 10.9 Å². The van der Waals surface area contributed by atoms with Crippen LogP contribution in [0, 0.1) is 0 Å². The topological polar surface area (TPSA) is 43.8 Å². The quantitative estimate of drug-likeness (QED) is 0.308. The van der Waals surface area contributed by atoms with Crippen molar-refractivity contribution in [3.05, 3.63) is 72.9 Å². The fourth-order valence-electron chi connectivity index (χ4n) is 4.26. The van der Waals surface area contributed by atoms with Crippen LogP contribution in [0.15, 0.2) is 67.4 Å². The number of fused-ring (bicyclic) bond motifs is 1. The van der Waals surface area contributed by atoms with E-state index in [-0.39, 0.29) is 0 Å². The van der Waals surface area contributed by atoms with E-state index in [0.29, 0.717) is 18.3 Å². The molecule has 1 aliphatic rings. The summed E-state index contributed by atoms with van der Waals surface area (Å²) in [6, 6.07) is 16.6. The highest BCUT2D eigenvalue weighted by molar-refractivity contribution is 5.88. The third kappa shape index (κ3) is 6.72. The predicted molar refractivity (Wildman–Crippen MR) is 136 cm³/mol. The summed E-state index contributed by atoms with van der Waals surface area (Å²) in [6.45, 7) is 9.28. The van der Waals surface area contributed by atoms with Gasteiger partial charge in [0.25, 0.3) is 0 Å². The normalized spacial score (nSPS) is 14.3. The summed E-state index contributed by atoms with van der Waals surface area (Å²) in [5, 5.41) is 0.922. The average Bonchev–Trinajstić information content (AvgIpc) is 2.87. The second kappa shape index (κ2) is 12.9. The van der Waals surface area contributed by atoms with Crippen molar-refractivity contribution in [2.75, 3.05) is 40.5 Å². The minimum absolute atomic E-state index is 0.657. The molecule has 1 aromatic heterocycles. The summed E-state index contributed by atoms with van der Waals surface area (Å²) in [6.07, 6.45) is 6.95. The van der Waals surface area contributed by atoms with E-state index >= 15 is 0 Å². The minimum Gasteiger partial charge on any atom is -0.496 e. The fourth-order valence-corrected chi connectivity index (χ4v) is 4.26. The van der Waals surface area contributed by atoms with Crippen molar-refractivity contribution in [2.45, 2.75) is 32.1 Å². The van der Waals surface area contributed by atoms with Crippen LogP contribution in [0.5, 0.6) is 17.2 Å². The Morgan fingerprint density at radius 2 is 1.70 bits per heavy atom. The molecule has 0 atom stereocenters. The first-order valence-corrected chi connectivity index (χ1v) is 11.7. The molecule has 0 amide bonds. The second-order valence-corrected chi connectivity index (χ2v) is 8.17. The molecule has 5 nitrogen and oxygen atoms in total. The zero-order valence-corrected chi connectivity index (χ0v) is 20.1. The molecule has 0 saturated carbocycles. The summed E-state index contributed by atoms with van der Waals surface area (Å²) >= 11 is 0. The third-order valence-corrected chi connectivity index (χ3v) is 5.94. The molecule has 2 heterocycles. The highest BCUT2D eigenvalue weighted by atomic mass is 16.5. The van der Waals surface area contributed by atoms with Crippen LogP contribution in [0.25, 0.3) is 10.9 Å². The van der Waals surface area contributed by atoms with Gasteiger partial charge in [-0.1, -0.05) is 36.4 Å². The van der Waals surface area contributed by atoms with E-state index in [1.165, 1.54) is 18.4 Å². The molecule has 1 saturated heterocycles. The van der Waals surface area contributed by atoms with Crippen LogP contribution in [-0.4, -0.2) is 50.3 Å². The average molecular weight is 449 g/mol. The largest absolute Gasteiger partial charge is 0.496 e. The van der Waals surface area contributed by atoms with Crippen molar-refractivity contribution in [1.29, 1.82) is 0 Å². The number of ether oxygens (including phenoxy) is 3. The van der Waals surface area contributed by atoms with Crippen LogP contribution in [0.2, 0.25) is 0 Å². The molecular formula is C28H36N2O3. The monoisotopic (exact) mass is 448 g/mol. The van der Waals surface area contributed by atoms with Gasteiger partial charge in [0.2, 0.25) is 0 Å². The highest BCUT2D eigenvalue weighted by Gasteiger charge is 2.20. The predicted octanol–water partition coefficient (Wildman–Crippen LogP) is 6.09. The molecule has 1 fully saturated rings. The van der Waals surface area contributed by atoms with Gasteiger partial charge in [0, 0.05) is 24.2 Å². The van der Waals surface area contributed by atoms with Gasteiger partial charge in [0.1, 0.15) is 5.75 Å². The molecule has 0 radical (unpaired) electrons. The third-order valence-electron chi connectivity index (χ3n) is 5.94. The van der Waals surface area contributed by atoms with Crippen LogP contribution < -0.4 is 14.2 Å². The first kappa shape index (κ1) is 24.6. The SMILES string of the molecule is C=CC.COc1cc2c(OC)ccnc2cc1OCCCN1CCC(c2ccccc2)CC1. The molecule has 176 valence electrons. The summed E-state index contributed by atoms with van der Waals surface area (Å²) in [5.41, 5.74) is 2.32. The fraction of sp³-hybridized carbons (Fsp3) is 0.393. The van der Waals surface area contributed by atoms with E-state index < -0.39 is 0 Å². The van der Waals surface area contributed by atoms with Crippen LogP contribution in [0.4, 0.5) is 0 Å². The maximum Gasteiger partial charge on any atom is 0.163 e. The minimum atomic E-state index is 0.657. The number of methoxy groups -OCH3 is 2. The van der Waals surface area contributed by atoms with Gasteiger partial charge in [0.15, 0.2) is 11.5 Å². The standard InChI is InChI=1S/C25H30N2O3.C3H6/c1-28-23-9-12-26-22-18-25(24(29-2)17-21(22)23)30-16-6-13-27-14-10-20(11-15-27)19-7-4-3-5-8-19;1-3-2/h3-5,7-9,12,17-18,20H,6,10-11,13-16H2,1-2H3;3H,1H2,2H3. The lowest BCUT2D eigenvalue weighted by Gasteiger charge is -2.32. The lowest BCUT2D eigenvalue weighted by molar-refractivity contribution is 0.191. The van der Waals surface area contributed by atoms with Crippen molar-refractivity contribution < 1.29 is 14.2 Å². The number of hydrogen-bond donors (Lipinski definition) is 0. The molecule has 0 N–H and O–H groups in total. The molecule has 33 heavy (non-hydrogen) atoms. The Kier molecular flexibility index (Phi) is 9.58. The number of benzene rings is 2. The summed E-state index contributed by atoms with van der Waals surface area (Å²) in [7, 11) is 3.32. The van der Waals surface area contributed by atoms with Crippen LogP contribution in [0.1, 0.15) is 37.7 Å². The molecule has 3 aromatic rings. The zero-order chi connectivity index (χ0) is 23.5. The van der Waals surface area contributed by atoms with Crippen LogP contribution in [0.3, 0.4) is 0 Å². The zero-order valence-electron chi connectivity index (χ0n) is 20.1. The number of piperidine rings is 1. The summed E-state index contributed by atoms with van der Waals surface area (Å²) in [5.74, 6) is 2.92. The van der Waals surface area contributed by atoms with Crippen molar-refractivity contribution in [2.24, 2.45) is 0 Å². The van der Waals surface area contributed by atoms with Crippen molar-refractivity contribution in [3.63, 3.8) is 0 Å². The Morgan fingerprint density at radius 3 is 2.36 bits per heavy atom. The smallest absolute Gasteiger partial charge is 0.163 e. The molecule has 2 aromatic carbocycles. The molecule has 1 aliphatic heterocycles. The van der Waals surface area contributed by atoms with Crippen molar-refractivity contribution in [1.82, 2.24) is 9.88 Å². The Hall–Kier alpha value is -3.05. The molecule has 5 heteroatoms. The number of nitrogens with zero attached hydrogens (tertiary/aromatic N) is 2. The summed E-state index contributed by atoms with van der Waals surface area (Å²) in [4.78, 5) is 6.98. The van der Waals surface area contributed by atoms with Gasteiger partial charge in [-0.2, -0.15) is 0 Å². The number of allylic oxidation sites excluding steroid dienone is 1. The Balaban J connectivity index is 0.000000968. The van der Waals surface area contributed by atoms with E-state index in [1.807, 2.05) is 25.1 Å². The van der Waals surface area contributed by atoms with E-state index in [1.54, 1.807) is 26.5 Å². The molecular weight excluding hydrogens is 412 g/mol. The Bertz CT molecular complexity index is 999. The number of pyridine rings is 1. The molecule has 4 rings (SSSR count). The second-order valence-electron chi connectivity index (χ2n) is 8.17. The lowest BCUT2D eigenvalue weighted by Crippen LogP contribution is -2.34. The van der Waals surface area contributed by atoms with Gasteiger partial charge in [0.05, 0.1) is 26.3 Å². The number of aromatic nitrogens is 1. The molecule has 0 bridgehead atoms. The number of likely N-dealkylation sites (tertiary alicyclic amines) is 1. The number of hydrogen-bond acceptors (Lipinski definition) is 5. The summed E-state index contributed by atoms with van der Waals surface area (Å²) < 4.78 is 17.0. The first-order valence-electron chi connectivity index (χ1n) is 11.7. The van der Waals surface area contributed by atoms with Crippen molar-refractivity contribution in [3.8, 4) is 17.2 Å². The molecule has 0 unspecified atom stereocenters. The maximum atomic E-state index is 6.06. The molecule has 0 spiro atoms. The van der Waals surface area contributed by atoms with Gasteiger partial charge in [-0.3, -0.25) is 4.98 Å².